The van der Waals surface area contributed by atoms with E-state index in [4.69, 9.17) is 4.74 Å². The van der Waals surface area contributed by atoms with Crippen molar-refractivity contribution in [3.05, 3.63) is 191 Å². The van der Waals surface area contributed by atoms with Crippen LogP contribution in [0.2, 0.25) is 0 Å². The summed E-state index contributed by atoms with van der Waals surface area (Å²) in [6.07, 6.45) is 6.74. The van der Waals surface area contributed by atoms with E-state index in [0.717, 1.165) is 41.4 Å². The molecule has 1 atom stereocenters. The Morgan fingerprint density at radius 2 is 1.15 bits per heavy atom. The van der Waals surface area contributed by atoms with Gasteiger partial charge in [0.15, 0.2) is 0 Å². The zero-order chi connectivity index (χ0) is 32.0. The second-order valence-electron chi connectivity index (χ2n) is 14.0. The number of ether oxygens (including phenoxy) is 1. The van der Waals surface area contributed by atoms with Gasteiger partial charge in [0, 0.05) is 33.6 Å². The summed E-state index contributed by atoms with van der Waals surface area (Å²) in [5.41, 5.74) is 16.3. The first kappa shape index (κ1) is 27.5. The van der Waals surface area contributed by atoms with E-state index in [2.05, 4.69) is 170 Å². The highest BCUT2D eigenvalue weighted by molar-refractivity contribution is 5.93. The van der Waals surface area contributed by atoms with Crippen molar-refractivity contribution in [2.24, 2.45) is 0 Å². The molecule has 1 heterocycles. The van der Waals surface area contributed by atoms with Crippen molar-refractivity contribution in [2.45, 2.75) is 37.5 Å². The molecule has 2 heteroatoms. The Morgan fingerprint density at radius 3 is 1.98 bits per heavy atom. The molecule has 0 bridgehead atoms. The monoisotopic (exact) mass is 617 g/mol. The predicted molar refractivity (Wildman–Crippen MR) is 197 cm³/mol. The van der Waals surface area contributed by atoms with Gasteiger partial charge in [-0.05, 0) is 106 Å². The van der Waals surface area contributed by atoms with Crippen molar-refractivity contribution < 1.29 is 4.74 Å². The average molecular weight is 618 g/mol. The van der Waals surface area contributed by atoms with Crippen LogP contribution in [0.1, 0.15) is 60.1 Å². The molecule has 0 radical (unpaired) electrons. The van der Waals surface area contributed by atoms with Gasteiger partial charge in [-0.25, -0.2) is 0 Å². The predicted octanol–water partition coefficient (Wildman–Crippen LogP) is 12.0. The maximum Gasteiger partial charge on any atom is 0.132 e. The fourth-order valence-corrected chi connectivity index (χ4v) is 9.15. The minimum absolute atomic E-state index is 0.0906. The zero-order valence-corrected chi connectivity index (χ0v) is 27.2. The van der Waals surface area contributed by atoms with Gasteiger partial charge in [-0.3, -0.25) is 0 Å². The number of fused-ring (bicyclic) bond motifs is 11. The van der Waals surface area contributed by atoms with Crippen molar-refractivity contribution in [3.63, 3.8) is 0 Å². The third-order valence-electron chi connectivity index (χ3n) is 11.2. The van der Waals surface area contributed by atoms with Crippen LogP contribution >= 0.6 is 0 Å². The quantitative estimate of drug-likeness (QED) is 0.196. The van der Waals surface area contributed by atoms with Crippen LogP contribution in [0.3, 0.4) is 0 Å². The lowest BCUT2D eigenvalue weighted by molar-refractivity contribution is 0.432. The Balaban J connectivity index is 1.22. The summed E-state index contributed by atoms with van der Waals surface area (Å²) in [4.78, 5) is 2.42. The molecule has 0 aromatic heterocycles. The number of rotatable bonds is 3. The molecule has 0 saturated carbocycles. The minimum atomic E-state index is -0.430. The molecule has 4 aliphatic rings. The third kappa shape index (κ3) is 3.58. The highest BCUT2D eigenvalue weighted by Gasteiger charge is 2.52. The number of allylic oxidation sites excluding steroid dienone is 4. The lowest BCUT2D eigenvalue weighted by Crippen LogP contribution is -2.33. The summed E-state index contributed by atoms with van der Waals surface area (Å²) < 4.78 is 6.77. The first-order chi connectivity index (χ1) is 23.6. The number of benzene rings is 6. The van der Waals surface area contributed by atoms with E-state index in [1.165, 1.54) is 55.7 Å². The topological polar surface area (TPSA) is 12.5 Å². The van der Waals surface area contributed by atoms with E-state index in [9.17, 15) is 0 Å². The molecule has 3 aliphatic carbocycles. The highest BCUT2D eigenvalue weighted by atomic mass is 16.5. The molecule has 48 heavy (non-hydrogen) atoms. The van der Waals surface area contributed by atoms with Gasteiger partial charge in [-0.15, -0.1) is 0 Å². The summed E-state index contributed by atoms with van der Waals surface area (Å²) in [7, 11) is 0. The standard InChI is InChI=1S/C46H35NO/c1-45(2)37-19-9-6-16-33(37)36-26-24-31(28-41(36)45)47(30-14-4-3-5-15-30)32-25-27-44-42(29-32)46(40-22-12-13-23-43(40)48-44)38-20-10-7-17-34(38)35-18-8-11-21-39(35)46/h3-10,12-20,22-29H,11,21H2,1-2H3. The van der Waals surface area contributed by atoms with Crippen molar-refractivity contribution in [1.29, 1.82) is 0 Å². The Kier molecular flexibility index (Phi) is 5.70. The van der Waals surface area contributed by atoms with Crippen LogP contribution in [0.25, 0.3) is 16.7 Å². The summed E-state index contributed by atoms with van der Waals surface area (Å²) in [6.45, 7) is 4.71. The minimum Gasteiger partial charge on any atom is -0.457 e. The lowest BCUT2D eigenvalue weighted by atomic mass is 9.64. The van der Waals surface area contributed by atoms with Crippen LogP contribution in [0.4, 0.5) is 17.1 Å². The van der Waals surface area contributed by atoms with Crippen LogP contribution in [0.15, 0.2) is 157 Å². The molecule has 6 aromatic rings. The summed E-state index contributed by atoms with van der Waals surface area (Å²) in [5.74, 6) is 1.87. The molecular weight excluding hydrogens is 583 g/mol. The SMILES string of the molecule is CC1(C)c2ccccc2-c2ccc(N(c3ccccc3)c3ccc4c(c3)C3(C5=C(C=CCC5)c5ccccc53)c3ccccc3O4)cc21. The van der Waals surface area contributed by atoms with Crippen LogP contribution in [0.5, 0.6) is 11.5 Å². The van der Waals surface area contributed by atoms with E-state index < -0.39 is 5.41 Å². The Morgan fingerprint density at radius 1 is 0.521 bits per heavy atom. The van der Waals surface area contributed by atoms with Gasteiger partial charge in [0.05, 0.1) is 5.41 Å². The largest absolute Gasteiger partial charge is 0.457 e. The average Bonchev–Trinajstić information content (AvgIpc) is 3.55. The Bertz CT molecular complexity index is 2360. The van der Waals surface area contributed by atoms with Crippen molar-refractivity contribution >= 4 is 22.6 Å². The molecule has 0 fully saturated rings. The second kappa shape index (κ2) is 9.95. The van der Waals surface area contributed by atoms with E-state index in [-0.39, 0.29) is 5.41 Å². The Labute approximate surface area is 282 Å². The van der Waals surface area contributed by atoms with Gasteiger partial charge in [0.1, 0.15) is 11.5 Å². The van der Waals surface area contributed by atoms with E-state index in [1.807, 2.05) is 0 Å². The summed E-state index contributed by atoms with van der Waals surface area (Å²) >= 11 is 0. The van der Waals surface area contributed by atoms with Crippen molar-refractivity contribution in [1.82, 2.24) is 0 Å². The third-order valence-corrected chi connectivity index (χ3v) is 11.2. The van der Waals surface area contributed by atoms with Gasteiger partial charge in [-0.1, -0.05) is 117 Å². The summed E-state index contributed by atoms with van der Waals surface area (Å²) in [5, 5.41) is 0. The maximum atomic E-state index is 6.77. The van der Waals surface area contributed by atoms with Crippen LogP contribution in [-0.4, -0.2) is 0 Å². The molecule has 0 amide bonds. The van der Waals surface area contributed by atoms with Gasteiger partial charge < -0.3 is 9.64 Å². The van der Waals surface area contributed by atoms with Gasteiger partial charge in [-0.2, -0.15) is 0 Å². The summed E-state index contributed by atoms with van der Waals surface area (Å²) in [6, 6.07) is 51.2. The zero-order valence-electron chi connectivity index (χ0n) is 27.2. The molecule has 0 saturated heterocycles. The molecule has 1 spiro atoms. The van der Waals surface area contributed by atoms with Crippen LogP contribution < -0.4 is 9.64 Å². The highest BCUT2D eigenvalue weighted by Crippen LogP contribution is 2.63. The number of nitrogens with zero attached hydrogens (tertiary/aromatic N) is 1. The molecule has 2 nitrogen and oxygen atoms in total. The molecular formula is C46H35NO. The Hall–Kier alpha value is -5.60. The maximum absolute atomic E-state index is 6.77. The molecule has 230 valence electrons. The van der Waals surface area contributed by atoms with Gasteiger partial charge in [0.25, 0.3) is 0 Å². The van der Waals surface area contributed by atoms with Crippen LogP contribution in [0, 0.1) is 0 Å². The number of hydrogen-bond acceptors (Lipinski definition) is 2. The smallest absolute Gasteiger partial charge is 0.132 e. The normalized spacial score (nSPS) is 18.7. The van der Waals surface area contributed by atoms with E-state index in [0.29, 0.717) is 0 Å². The molecule has 1 unspecified atom stereocenters. The number of anilines is 3. The van der Waals surface area contributed by atoms with E-state index >= 15 is 0 Å². The van der Waals surface area contributed by atoms with E-state index in [1.54, 1.807) is 0 Å². The second-order valence-corrected chi connectivity index (χ2v) is 14.0. The first-order valence-corrected chi connectivity index (χ1v) is 17.1. The van der Waals surface area contributed by atoms with Gasteiger partial charge in [0.2, 0.25) is 0 Å². The number of para-hydroxylation sites is 2. The molecule has 1 aliphatic heterocycles. The van der Waals surface area contributed by atoms with Crippen molar-refractivity contribution in [2.75, 3.05) is 4.90 Å². The molecule has 0 N–H and O–H groups in total. The van der Waals surface area contributed by atoms with Gasteiger partial charge >= 0.3 is 0 Å². The van der Waals surface area contributed by atoms with Crippen molar-refractivity contribution in [3.8, 4) is 22.6 Å². The number of hydrogen-bond donors (Lipinski definition) is 0. The lowest BCUT2D eigenvalue weighted by Gasteiger charge is -2.42. The van der Waals surface area contributed by atoms with Crippen LogP contribution in [-0.2, 0) is 10.8 Å². The molecule has 6 aromatic carbocycles. The fourth-order valence-electron chi connectivity index (χ4n) is 9.15. The molecule has 10 rings (SSSR count). The first-order valence-electron chi connectivity index (χ1n) is 17.1. The fraction of sp³-hybridized carbons (Fsp3) is 0.130.